The molecule has 0 bridgehead atoms. The van der Waals surface area contributed by atoms with E-state index in [4.69, 9.17) is 0 Å². The van der Waals surface area contributed by atoms with Gasteiger partial charge in [-0.25, -0.2) is 0 Å². The molecule has 0 aromatic heterocycles. The molecule has 0 saturated heterocycles. The third kappa shape index (κ3) is 5.69. The Hall–Kier alpha value is -2.62. The summed E-state index contributed by atoms with van der Waals surface area (Å²) in [5.41, 5.74) is 4.66. The van der Waals surface area contributed by atoms with Crippen LogP contribution in [0.25, 0.3) is 0 Å². The summed E-state index contributed by atoms with van der Waals surface area (Å²) in [6.07, 6.45) is 3.12. The van der Waals surface area contributed by atoms with Crippen molar-refractivity contribution in [2.45, 2.75) is 52.6 Å². The topological polar surface area (TPSA) is 58.2 Å². The second-order valence-electron chi connectivity index (χ2n) is 7.96. The molecule has 2 amide bonds. The van der Waals surface area contributed by atoms with Crippen LogP contribution in [0.1, 0.15) is 47.9 Å². The molecule has 2 N–H and O–H groups in total. The van der Waals surface area contributed by atoms with Crippen molar-refractivity contribution in [2.75, 3.05) is 0 Å². The van der Waals surface area contributed by atoms with Crippen LogP contribution in [0.5, 0.6) is 0 Å². The summed E-state index contributed by atoms with van der Waals surface area (Å²) in [7, 11) is 0. The molecule has 1 aliphatic carbocycles. The van der Waals surface area contributed by atoms with Crippen LogP contribution in [0.15, 0.2) is 48.5 Å². The Labute approximate surface area is 167 Å². The Bertz CT molecular complexity index is 719. The summed E-state index contributed by atoms with van der Waals surface area (Å²) < 4.78 is 0. The van der Waals surface area contributed by atoms with Crippen molar-refractivity contribution in [1.29, 1.82) is 0 Å². The van der Waals surface area contributed by atoms with Crippen molar-refractivity contribution in [3.63, 3.8) is 0 Å². The van der Waals surface area contributed by atoms with E-state index in [1.54, 1.807) is 0 Å². The van der Waals surface area contributed by atoms with Crippen LogP contribution in [0, 0.1) is 25.7 Å². The normalized spacial score (nSPS) is 19.1. The molecule has 0 heterocycles. The molecule has 2 aromatic rings. The lowest BCUT2D eigenvalue weighted by atomic mass is 9.81. The number of carbonyl (C=O) groups excluding carboxylic acids is 2. The van der Waals surface area contributed by atoms with Gasteiger partial charge in [0.2, 0.25) is 11.8 Å². The van der Waals surface area contributed by atoms with E-state index in [1.807, 2.05) is 24.3 Å². The first-order valence-corrected chi connectivity index (χ1v) is 10.2. The highest BCUT2D eigenvalue weighted by Crippen LogP contribution is 2.29. The largest absolute Gasteiger partial charge is 0.352 e. The fraction of sp³-hybridized carbons (Fsp3) is 0.417. The molecule has 0 radical (unpaired) electrons. The molecule has 0 atom stereocenters. The van der Waals surface area contributed by atoms with Crippen LogP contribution < -0.4 is 10.6 Å². The lowest BCUT2D eigenvalue weighted by molar-refractivity contribution is -0.130. The summed E-state index contributed by atoms with van der Waals surface area (Å²) in [6.45, 7) is 5.24. The highest BCUT2D eigenvalue weighted by atomic mass is 16.2. The summed E-state index contributed by atoms with van der Waals surface area (Å²) in [6, 6.07) is 16.4. The van der Waals surface area contributed by atoms with Crippen molar-refractivity contribution in [3.05, 3.63) is 70.8 Å². The Kier molecular flexibility index (Phi) is 6.85. The van der Waals surface area contributed by atoms with E-state index in [9.17, 15) is 9.59 Å². The van der Waals surface area contributed by atoms with Gasteiger partial charge in [-0.3, -0.25) is 9.59 Å². The molecule has 28 heavy (non-hydrogen) atoms. The third-order valence-corrected chi connectivity index (χ3v) is 5.64. The number of benzene rings is 2. The van der Waals surface area contributed by atoms with E-state index in [2.05, 4.69) is 48.7 Å². The second-order valence-corrected chi connectivity index (χ2v) is 7.96. The predicted molar refractivity (Wildman–Crippen MR) is 111 cm³/mol. The maximum absolute atomic E-state index is 12.4. The second kappa shape index (κ2) is 9.54. The molecule has 2 aromatic carbocycles. The minimum atomic E-state index is 0.0200. The first-order chi connectivity index (χ1) is 13.5. The van der Waals surface area contributed by atoms with Gasteiger partial charge in [-0.1, -0.05) is 59.7 Å². The van der Waals surface area contributed by atoms with Gasteiger partial charge < -0.3 is 10.6 Å². The number of carbonyl (C=O) groups is 2. The standard InChI is InChI=1S/C24H30N2O2/c1-17-3-7-19(8-4-17)15-25-23(27)21-11-13-22(14-12-21)24(28)26-16-20-9-5-18(2)6-10-20/h3-10,21-22H,11-16H2,1-2H3,(H,25,27)(H,26,28). The van der Waals surface area contributed by atoms with Crippen LogP contribution in [0.3, 0.4) is 0 Å². The molecule has 4 nitrogen and oxygen atoms in total. The Morgan fingerprint density at radius 1 is 0.679 bits per heavy atom. The first kappa shape index (κ1) is 20.1. The van der Waals surface area contributed by atoms with E-state index in [-0.39, 0.29) is 23.7 Å². The zero-order valence-corrected chi connectivity index (χ0v) is 16.8. The van der Waals surface area contributed by atoms with E-state index in [1.165, 1.54) is 11.1 Å². The lowest BCUT2D eigenvalue weighted by Crippen LogP contribution is -2.37. The molecule has 0 spiro atoms. The van der Waals surface area contributed by atoms with Crippen LogP contribution >= 0.6 is 0 Å². The molecular formula is C24H30N2O2. The van der Waals surface area contributed by atoms with E-state index >= 15 is 0 Å². The molecule has 1 fully saturated rings. The van der Waals surface area contributed by atoms with Gasteiger partial charge in [0.1, 0.15) is 0 Å². The van der Waals surface area contributed by atoms with E-state index in [0.717, 1.165) is 36.8 Å². The smallest absolute Gasteiger partial charge is 0.223 e. The number of rotatable bonds is 6. The maximum atomic E-state index is 12.4. The van der Waals surface area contributed by atoms with E-state index < -0.39 is 0 Å². The lowest BCUT2D eigenvalue weighted by Gasteiger charge is -2.27. The van der Waals surface area contributed by atoms with Crippen molar-refractivity contribution in [1.82, 2.24) is 10.6 Å². The third-order valence-electron chi connectivity index (χ3n) is 5.64. The predicted octanol–water partition coefficient (Wildman–Crippen LogP) is 4.04. The van der Waals surface area contributed by atoms with Crippen LogP contribution in [0.4, 0.5) is 0 Å². The average Bonchev–Trinajstić information content (AvgIpc) is 2.72. The minimum absolute atomic E-state index is 0.0200. The molecule has 0 aliphatic heterocycles. The first-order valence-electron chi connectivity index (χ1n) is 10.2. The van der Waals surface area contributed by atoms with Gasteiger partial charge in [-0.15, -0.1) is 0 Å². The van der Waals surface area contributed by atoms with Crippen molar-refractivity contribution in [3.8, 4) is 0 Å². The number of hydrogen-bond acceptors (Lipinski definition) is 2. The van der Waals surface area contributed by atoms with Gasteiger partial charge in [0, 0.05) is 24.9 Å². The Morgan fingerprint density at radius 2 is 1.00 bits per heavy atom. The maximum Gasteiger partial charge on any atom is 0.223 e. The molecule has 3 rings (SSSR count). The monoisotopic (exact) mass is 378 g/mol. The zero-order valence-electron chi connectivity index (χ0n) is 16.8. The summed E-state index contributed by atoms with van der Waals surface area (Å²) in [5.74, 6) is 0.261. The van der Waals surface area contributed by atoms with Gasteiger partial charge in [0.25, 0.3) is 0 Å². The highest BCUT2D eigenvalue weighted by Gasteiger charge is 2.29. The van der Waals surface area contributed by atoms with Crippen molar-refractivity contribution < 1.29 is 9.59 Å². The number of aryl methyl sites for hydroxylation is 2. The SMILES string of the molecule is Cc1ccc(CNC(=O)C2CCC(C(=O)NCc3ccc(C)cc3)CC2)cc1. The fourth-order valence-corrected chi connectivity index (χ4v) is 3.70. The highest BCUT2D eigenvalue weighted by molar-refractivity contribution is 5.81. The number of hydrogen-bond donors (Lipinski definition) is 2. The van der Waals surface area contributed by atoms with Crippen molar-refractivity contribution >= 4 is 11.8 Å². The van der Waals surface area contributed by atoms with Gasteiger partial charge in [-0.05, 0) is 50.7 Å². The van der Waals surface area contributed by atoms with Crippen LogP contribution in [-0.4, -0.2) is 11.8 Å². The van der Waals surface area contributed by atoms with Crippen molar-refractivity contribution in [2.24, 2.45) is 11.8 Å². The number of nitrogens with one attached hydrogen (secondary N) is 2. The molecule has 1 saturated carbocycles. The quantitative estimate of drug-likeness (QED) is 0.797. The van der Waals surface area contributed by atoms with Gasteiger partial charge in [-0.2, -0.15) is 0 Å². The summed E-state index contributed by atoms with van der Waals surface area (Å²) >= 11 is 0. The van der Waals surface area contributed by atoms with Gasteiger partial charge >= 0.3 is 0 Å². The molecule has 1 aliphatic rings. The Balaban J connectivity index is 1.39. The molecular weight excluding hydrogens is 348 g/mol. The van der Waals surface area contributed by atoms with Gasteiger partial charge in [0.05, 0.1) is 0 Å². The fourth-order valence-electron chi connectivity index (χ4n) is 3.70. The number of amides is 2. The average molecular weight is 379 g/mol. The molecule has 0 unspecified atom stereocenters. The summed E-state index contributed by atoms with van der Waals surface area (Å²) in [5, 5.41) is 6.09. The zero-order chi connectivity index (χ0) is 19.9. The van der Waals surface area contributed by atoms with Gasteiger partial charge in [0.15, 0.2) is 0 Å². The van der Waals surface area contributed by atoms with Crippen LogP contribution in [0.2, 0.25) is 0 Å². The molecule has 4 heteroatoms. The Morgan fingerprint density at radius 3 is 1.32 bits per heavy atom. The molecule has 148 valence electrons. The van der Waals surface area contributed by atoms with E-state index in [0.29, 0.717) is 13.1 Å². The summed E-state index contributed by atoms with van der Waals surface area (Å²) in [4.78, 5) is 24.9. The van der Waals surface area contributed by atoms with Crippen LogP contribution in [-0.2, 0) is 22.7 Å². The minimum Gasteiger partial charge on any atom is -0.352 e.